The van der Waals surface area contributed by atoms with E-state index in [4.69, 9.17) is 4.74 Å². The molecule has 0 spiro atoms. The van der Waals surface area contributed by atoms with E-state index in [1.54, 1.807) is 13.0 Å². The van der Waals surface area contributed by atoms with E-state index in [9.17, 15) is 14.0 Å². The Bertz CT molecular complexity index is 938. The van der Waals surface area contributed by atoms with Crippen LogP contribution < -0.4 is 0 Å². The topological polar surface area (TPSA) is 74.1 Å². The summed E-state index contributed by atoms with van der Waals surface area (Å²) >= 11 is 0. The van der Waals surface area contributed by atoms with Gasteiger partial charge in [-0.2, -0.15) is 0 Å². The number of carbonyl (C=O) groups excluding carboxylic acids is 2. The Balaban J connectivity index is 2.07. The van der Waals surface area contributed by atoms with Crippen LogP contribution in [0.15, 0.2) is 54.6 Å². The number of ether oxygens (including phenoxy) is 1. The second-order valence-corrected chi connectivity index (χ2v) is 5.49. The van der Waals surface area contributed by atoms with E-state index in [1.807, 2.05) is 30.3 Å². The number of carbonyl (C=O) groups is 2. The molecule has 2 aromatic carbocycles. The van der Waals surface area contributed by atoms with Crippen molar-refractivity contribution in [2.24, 2.45) is 0 Å². The van der Waals surface area contributed by atoms with Crippen molar-refractivity contribution in [1.82, 2.24) is 15.0 Å². The lowest BCUT2D eigenvalue weighted by Crippen LogP contribution is -2.22. The maximum Gasteiger partial charge on any atom is 0.381 e. The van der Waals surface area contributed by atoms with E-state index in [0.29, 0.717) is 5.56 Å². The standard InChI is InChI=1S/C19H16FN3O3/c1-2-26-19(25)18(24)17-16(14-9-6-10-15(20)11-14)21-22-23(17)12-13-7-4-3-5-8-13/h3-11H,2,12H2,1H3. The Labute approximate surface area is 149 Å². The van der Waals surface area contributed by atoms with Crippen molar-refractivity contribution in [2.45, 2.75) is 13.5 Å². The van der Waals surface area contributed by atoms with Crippen LogP contribution >= 0.6 is 0 Å². The Morgan fingerprint density at radius 3 is 2.58 bits per heavy atom. The number of halogens is 1. The SMILES string of the molecule is CCOC(=O)C(=O)c1c(-c2cccc(F)c2)nnn1Cc1ccccc1. The van der Waals surface area contributed by atoms with Crippen molar-refractivity contribution in [1.29, 1.82) is 0 Å². The second kappa shape index (κ2) is 7.69. The molecule has 7 heteroatoms. The second-order valence-electron chi connectivity index (χ2n) is 5.49. The highest BCUT2D eigenvalue weighted by atomic mass is 19.1. The van der Waals surface area contributed by atoms with Gasteiger partial charge in [-0.3, -0.25) is 4.79 Å². The van der Waals surface area contributed by atoms with Crippen LogP contribution in [-0.4, -0.2) is 33.4 Å². The Hall–Kier alpha value is -3.35. The molecule has 3 aromatic rings. The monoisotopic (exact) mass is 353 g/mol. The Morgan fingerprint density at radius 2 is 1.88 bits per heavy atom. The predicted octanol–water partition coefficient (Wildman–Crippen LogP) is 2.88. The summed E-state index contributed by atoms with van der Waals surface area (Å²) in [4.78, 5) is 24.6. The lowest BCUT2D eigenvalue weighted by atomic mass is 10.1. The van der Waals surface area contributed by atoms with E-state index in [0.717, 1.165) is 5.56 Å². The van der Waals surface area contributed by atoms with Crippen LogP contribution in [0.1, 0.15) is 23.0 Å². The lowest BCUT2D eigenvalue weighted by Gasteiger charge is -2.07. The molecule has 3 rings (SSSR count). The molecule has 0 radical (unpaired) electrons. The highest BCUT2D eigenvalue weighted by Crippen LogP contribution is 2.23. The van der Waals surface area contributed by atoms with Gasteiger partial charge in [0.25, 0.3) is 5.78 Å². The number of nitrogens with zero attached hydrogens (tertiary/aromatic N) is 3. The fourth-order valence-corrected chi connectivity index (χ4v) is 2.53. The highest BCUT2D eigenvalue weighted by Gasteiger charge is 2.28. The number of hydrogen-bond acceptors (Lipinski definition) is 5. The van der Waals surface area contributed by atoms with Crippen LogP contribution in [0.5, 0.6) is 0 Å². The van der Waals surface area contributed by atoms with E-state index in [2.05, 4.69) is 10.3 Å². The number of Topliss-reactive ketones (excluding diaryl/α,β-unsaturated/α-hetero) is 1. The average molecular weight is 353 g/mol. The van der Waals surface area contributed by atoms with Crippen molar-refractivity contribution in [3.63, 3.8) is 0 Å². The minimum atomic E-state index is -0.998. The smallest absolute Gasteiger partial charge is 0.381 e. The molecular formula is C19H16FN3O3. The van der Waals surface area contributed by atoms with Gasteiger partial charge in [0.1, 0.15) is 17.2 Å². The quantitative estimate of drug-likeness (QED) is 0.387. The van der Waals surface area contributed by atoms with Gasteiger partial charge in [-0.1, -0.05) is 47.7 Å². The summed E-state index contributed by atoms with van der Waals surface area (Å²) in [6.07, 6.45) is 0. The fraction of sp³-hybridized carbons (Fsp3) is 0.158. The molecule has 26 heavy (non-hydrogen) atoms. The van der Waals surface area contributed by atoms with Crippen LogP contribution in [-0.2, 0) is 16.1 Å². The van der Waals surface area contributed by atoms with Crippen molar-refractivity contribution in [3.8, 4) is 11.3 Å². The van der Waals surface area contributed by atoms with E-state index in [-0.39, 0.29) is 24.5 Å². The molecule has 1 heterocycles. The zero-order chi connectivity index (χ0) is 18.5. The Kier molecular flexibility index (Phi) is 5.17. The average Bonchev–Trinajstić information content (AvgIpc) is 3.05. The number of esters is 1. The third-order valence-corrected chi connectivity index (χ3v) is 3.68. The first-order valence-corrected chi connectivity index (χ1v) is 8.05. The molecule has 0 bridgehead atoms. The molecular weight excluding hydrogens is 337 g/mol. The molecule has 0 unspecified atom stereocenters. The van der Waals surface area contributed by atoms with Gasteiger partial charge < -0.3 is 4.74 Å². The summed E-state index contributed by atoms with van der Waals surface area (Å²) in [6, 6.07) is 14.9. The molecule has 0 amide bonds. The normalized spacial score (nSPS) is 10.5. The number of ketones is 1. The zero-order valence-corrected chi connectivity index (χ0v) is 14.1. The number of benzene rings is 2. The van der Waals surface area contributed by atoms with Crippen molar-refractivity contribution >= 4 is 11.8 Å². The van der Waals surface area contributed by atoms with Gasteiger partial charge >= 0.3 is 5.97 Å². The summed E-state index contributed by atoms with van der Waals surface area (Å²) in [5.74, 6) is -2.34. The first-order valence-electron chi connectivity index (χ1n) is 8.05. The van der Waals surface area contributed by atoms with Crippen LogP contribution in [0.25, 0.3) is 11.3 Å². The number of hydrogen-bond donors (Lipinski definition) is 0. The predicted molar refractivity (Wildman–Crippen MR) is 91.9 cm³/mol. The highest BCUT2D eigenvalue weighted by molar-refractivity contribution is 6.41. The van der Waals surface area contributed by atoms with Gasteiger partial charge in [0.2, 0.25) is 0 Å². The lowest BCUT2D eigenvalue weighted by molar-refractivity contribution is -0.137. The van der Waals surface area contributed by atoms with Crippen LogP contribution in [0.2, 0.25) is 0 Å². The third-order valence-electron chi connectivity index (χ3n) is 3.68. The van der Waals surface area contributed by atoms with Crippen molar-refractivity contribution < 1.29 is 18.7 Å². The minimum absolute atomic E-state index is 0.0297. The molecule has 0 aliphatic carbocycles. The largest absolute Gasteiger partial charge is 0.460 e. The van der Waals surface area contributed by atoms with E-state index < -0.39 is 17.6 Å². The first-order chi connectivity index (χ1) is 12.6. The first kappa shape index (κ1) is 17.5. The van der Waals surface area contributed by atoms with E-state index >= 15 is 0 Å². The summed E-state index contributed by atoms with van der Waals surface area (Å²) in [7, 11) is 0. The van der Waals surface area contributed by atoms with Crippen LogP contribution in [0, 0.1) is 5.82 Å². The van der Waals surface area contributed by atoms with Gasteiger partial charge in [-0.15, -0.1) is 5.10 Å². The maximum absolute atomic E-state index is 13.6. The summed E-state index contributed by atoms with van der Waals surface area (Å²) in [6.45, 7) is 1.92. The summed E-state index contributed by atoms with van der Waals surface area (Å²) in [5, 5.41) is 8.00. The van der Waals surface area contributed by atoms with Gasteiger partial charge in [-0.05, 0) is 24.6 Å². The molecule has 0 saturated carbocycles. The van der Waals surface area contributed by atoms with Crippen molar-refractivity contribution in [2.75, 3.05) is 6.61 Å². The van der Waals surface area contributed by atoms with Gasteiger partial charge in [-0.25, -0.2) is 13.9 Å². The molecule has 6 nitrogen and oxygen atoms in total. The van der Waals surface area contributed by atoms with Crippen LogP contribution in [0.3, 0.4) is 0 Å². The molecule has 1 aromatic heterocycles. The van der Waals surface area contributed by atoms with E-state index in [1.165, 1.54) is 22.9 Å². The fourth-order valence-electron chi connectivity index (χ4n) is 2.53. The summed E-state index contributed by atoms with van der Waals surface area (Å²) in [5.41, 5.74) is 1.34. The van der Waals surface area contributed by atoms with Gasteiger partial charge in [0, 0.05) is 5.56 Å². The molecule has 0 atom stereocenters. The van der Waals surface area contributed by atoms with Crippen LogP contribution in [0.4, 0.5) is 4.39 Å². The molecule has 0 aliphatic heterocycles. The van der Waals surface area contributed by atoms with Crippen molar-refractivity contribution in [3.05, 3.63) is 71.7 Å². The molecule has 0 fully saturated rings. The summed E-state index contributed by atoms with van der Waals surface area (Å²) < 4.78 is 19.7. The molecule has 132 valence electrons. The molecule has 0 N–H and O–H groups in total. The maximum atomic E-state index is 13.6. The zero-order valence-electron chi connectivity index (χ0n) is 14.1. The number of aromatic nitrogens is 3. The van der Waals surface area contributed by atoms with Gasteiger partial charge in [0.15, 0.2) is 0 Å². The third kappa shape index (κ3) is 3.66. The minimum Gasteiger partial charge on any atom is -0.460 e. The molecule has 0 saturated heterocycles. The number of rotatable bonds is 6. The Morgan fingerprint density at radius 1 is 1.12 bits per heavy atom. The van der Waals surface area contributed by atoms with Gasteiger partial charge in [0.05, 0.1) is 13.2 Å². The molecule has 0 aliphatic rings.